The highest BCUT2D eigenvalue weighted by Gasteiger charge is 2.15. The summed E-state index contributed by atoms with van der Waals surface area (Å²) in [7, 11) is 1.93. The van der Waals surface area contributed by atoms with Crippen molar-refractivity contribution in [2.24, 2.45) is 10.9 Å². The normalized spacial score (nSPS) is 11.5. The molecule has 0 aliphatic heterocycles. The maximum absolute atomic E-state index is 8.96. The first-order valence-corrected chi connectivity index (χ1v) is 7.21. The number of halogens is 1. The zero-order chi connectivity index (χ0) is 15.4. The van der Waals surface area contributed by atoms with Crippen molar-refractivity contribution >= 4 is 27.6 Å². The molecule has 0 atom stereocenters. The summed E-state index contributed by atoms with van der Waals surface area (Å²) in [6.07, 6.45) is 1.72. The number of anilines is 1. The summed E-state index contributed by atoms with van der Waals surface area (Å²) in [5.74, 6) is 0.752. The van der Waals surface area contributed by atoms with Crippen LogP contribution in [0.15, 0.2) is 46.2 Å². The number of nitrogens with two attached hydrogens (primary N) is 1. The van der Waals surface area contributed by atoms with Gasteiger partial charge in [0, 0.05) is 24.3 Å². The Hall–Kier alpha value is -2.08. The van der Waals surface area contributed by atoms with Gasteiger partial charge in [0.2, 0.25) is 0 Å². The molecular formula is C15H17BrN4O. The molecule has 1 aromatic carbocycles. The quantitative estimate of drug-likeness (QED) is 0.385. The molecule has 2 aromatic rings. The fourth-order valence-electron chi connectivity index (χ4n) is 2.18. The van der Waals surface area contributed by atoms with Crippen LogP contribution < -0.4 is 10.6 Å². The molecule has 0 fully saturated rings. The summed E-state index contributed by atoms with van der Waals surface area (Å²) in [6, 6.07) is 9.90. The van der Waals surface area contributed by atoms with Gasteiger partial charge < -0.3 is 15.8 Å². The summed E-state index contributed by atoms with van der Waals surface area (Å²) in [4.78, 5) is 6.34. The van der Waals surface area contributed by atoms with E-state index < -0.39 is 0 Å². The lowest BCUT2D eigenvalue weighted by Gasteiger charge is -2.22. The van der Waals surface area contributed by atoms with Crippen LogP contribution in [0.25, 0.3) is 0 Å². The number of aryl methyl sites for hydroxylation is 1. The number of amidine groups is 1. The van der Waals surface area contributed by atoms with Gasteiger partial charge in [-0.15, -0.1) is 0 Å². The zero-order valence-electron chi connectivity index (χ0n) is 11.9. The molecule has 5 nitrogen and oxygen atoms in total. The van der Waals surface area contributed by atoms with Crippen LogP contribution in [0.4, 0.5) is 5.82 Å². The topological polar surface area (TPSA) is 74.7 Å². The fourth-order valence-corrected chi connectivity index (χ4v) is 2.63. The molecule has 0 saturated carbocycles. The summed E-state index contributed by atoms with van der Waals surface area (Å²) in [5, 5.41) is 12.1. The van der Waals surface area contributed by atoms with Gasteiger partial charge in [0.25, 0.3) is 0 Å². The van der Waals surface area contributed by atoms with Crippen molar-refractivity contribution in [1.29, 1.82) is 0 Å². The molecule has 21 heavy (non-hydrogen) atoms. The maximum atomic E-state index is 8.96. The van der Waals surface area contributed by atoms with Crippen molar-refractivity contribution in [3.63, 3.8) is 0 Å². The zero-order valence-corrected chi connectivity index (χ0v) is 13.5. The first-order chi connectivity index (χ1) is 10.0. The van der Waals surface area contributed by atoms with E-state index in [2.05, 4.69) is 32.1 Å². The predicted octanol–water partition coefficient (Wildman–Crippen LogP) is 2.88. The van der Waals surface area contributed by atoms with Crippen LogP contribution in [0.3, 0.4) is 0 Å². The molecule has 2 rings (SSSR count). The van der Waals surface area contributed by atoms with E-state index in [0.717, 1.165) is 15.6 Å². The fraction of sp³-hybridized carbons (Fsp3) is 0.200. The summed E-state index contributed by atoms with van der Waals surface area (Å²) in [5.41, 5.74) is 8.48. The number of nitrogens with zero attached hydrogens (tertiary/aromatic N) is 3. The highest BCUT2D eigenvalue weighted by Crippen LogP contribution is 2.22. The highest BCUT2D eigenvalue weighted by atomic mass is 79.9. The average molecular weight is 349 g/mol. The number of benzene rings is 1. The smallest absolute Gasteiger partial charge is 0.174 e. The third kappa shape index (κ3) is 3.52. The largest absolute Gasteiger partial charge is 0.409 e. The van der Waals surface area contributed by atoms with Crippen molar-refractivity contribution in [2.45, 2.75) is 13.5 Å². The molecule has 0 radical (unpaired) electrons. The van der Waals surface area contributed by atoms with Gasteiger partial charge in [0.1, 0.15) is 5.82 Å². The molecule has 1 heterocycles. The van der Waals surface area contributed by atoms with Crippen LogP contribution in [0.5, 0.6) is 0 Å². The van der Waals surface area contributed by atoms with Crippen molar-refractivity contribution in [3.05, 3.63) is 57.7 Å². The number of aromatic nitrogens is 1. The lowest BCUT2D eigenvalue weighted by atomic mass is 10.1. The Balaban J connectivity index is 2.35. The van der Waals surface area contributed by atoms with Crippen LogP contribution in [-0.4, -0.2) is 23.1 Å². The number of hydrogen-bond acceptors (Lipinski definition) is 4. The van der Waals surface area contributed by atoms with E-state index in [4.69, 9.17) is 10.9 Å². The second kappa shape index (κ2) is 6.58. The van der Waals surface area contributed by atoms with Crippen LogP contribution in [0.2, 0.25) is 0 Å². The maximum Gasteiger partial charge on any atom is 0.174 e. The van der Waals surface area contributed by atoms with Gasteiger partial charge in [-0.05, 0) is 36.2 Å². The molecule has 1 aromatic heterocycles. The lowest BCUT2D eigenvalue weighted by Crippen LogP contribution is -2.24. The number of pyridine rings is 1. The first-order valence-electron chi connectivity index (χ1n) is 6.42. The molecule has 0 aliphatic rings. The minimum atomic E-state index is 0.0664. The monoisotopic (exact) mass is 348 g/mol. The Kier molecular flexibility index (Phi) is 4.80. The Bertz CT molecular complexity index is 672. The van der Waals surface area contributed by atoms with Crippen LogP contribution in [0, 0.1) is 6.92 Å². The van der Waals surface area contributed by atoms with E-state index in [1.165, 1.54) is 0 Å². The minimum Gasteiger partial charge on any atom is -0.409 e. The van der Waals surface area contributed by atoms with E-state index in [1.807, 2.05) is 43.1 Å². The first kappa shape index (κ1) is 15.3. The molecular weight excluding hydrogens is 332 g/mol. The van der Waals surface area contributed by atoms with Gasteiger partial charge in [-0.25, -0.2) is 4.98 Å². The van der Waals surface area contributed by atoms with E-state index in [9.17, 15) is 0 Å². The van der Waals surface area contributed by atoms with Crippen molar-refractivity contribution in [2.75, 3.05) is 11.9 Å². The molecule has 0 spiro atoms. The number of hydrogen-bond donors (Lipinski definition) is 2. The molecule has 0 amide bonds. The molecule has 3 N–H and O–H groups in total. The number of oxime groups is 1. The SMILES string of the molecule is Cc1ccnc(N(C)Cc2cccc(Br)c2)c1/C(N)=N/O. The molecule has 0 aliphatic carbocycles. The third-order valence-corrected chi connectivity index (χ3v) is 3.67. The number of rotatable bonds is 4. The second-order valence-electron chi connectivity index (χ2n) is 4.80. The molecule has 6 heteroatoms. The van der Waals surface area contributed by atoms with E-state index in [0.29, 0.717) is 17.9 Å². The average Bonchev–Trinajstić information content (AvgIpc) is 2.46. The van der Waals surface area contributed by atoms with Gasteiger partial charge in [-0.2, -0.15) is 0 Å². The Morgan fingerprint density at radius 3 is 2.86 bits per heavy atom. The summed E-state index contributed by atoms with van der Waals surface area (Å²) >= 11 is 3.46. The van der Waals surface area contributed by atoms with Crippen molar-refractivity contribution in [1.82, 2.24) is 4.98 Å². The highest BCUT2D eigenvalue weighted by molar-refractivity contribution is 9.10. The standard InChI is InChI=1S/C15H17BrN4O/c1-10-6-7-18-15(13(10)14(17)19-21)20(2)9-11-4-3-5-12(16)8-11/h3-8,21H,9H2,1-2H3,(H2,17,19). The van der Waals surface area contributed by atoms with E-state index >= 15 is 0 Å². The van der Waals surface area contributed by atoms with Crippen LogP contribution >= 0.6 is 15.9 Å². The van der Waals surface area contributed by atoms with Gasteiger partial charge >= 0.3 is 0 Å². The molecule has 0 saturated heterocycles. The predicted molar refractivity (Wildman–Crippen MR) is 87.7 cm³/mol. The van der Waals surface area contributed by atoms with Gasteiger partial charge in [-0.1, -0.05) is 33.2 Å². The third-order valence-electron chi connectivity index (χ3n) is 3.17. The Morgan fingerprint density at radius 1 is 1.43 bits per heavy atom. The molecule has 110 valence electrons. The molecule has 0 bridgehead atoms. The van der Waals surface area contributed by atoms with Gasteiger partial charge in [-0.3, -0.25) is 0 Å². The van der Waals surface area contributed by atoms with Crippen LogP contribution in [0.1, 0.15) is 16.7 Å². The van der Waals surface area contributed by atoms with Gasteiger partial charge in [0.15, 0.2) is 5.84 Å². The Labute approximate surface area is 132 Å². The van der Waals surface area contributed by atoms with Crippen molar-refractivity contribution in [3.8, 4) is 0 Å². The molecule has 0 unspecified atom stereocenters. The minimum absolute atomic E-state index is 0.0664. The van der Waals surface area contributed by atoms with E-state index in [-0.39, 0.29) is 5.84 Å². The van der Waals surface area contributed by atoms with E-state index in [1.54, 1.807) is 6.20 Å². The second-order valence-corrected chi connectivity index (χ2v) is 5.71. The van der Waals surface area contributed by atoms with Gasteiger partial charge in [0.05, 0.1) is 5.56 Å². The Morgan fingerprint density at radius 2 is 2.19 bits per heavy atom. The van der Waals surface area contributed by atoms with Crippen LogP contribution in [-0.2, 0) is 6.54 Å². The summed E-state index contributed by atoms with van der Waals surface area (Å²) in [6.45, 7) is 2.58. The lowest BCUT2D eigenvalue weighted by molar-refractivity contribution is 0.318. The van der Waals surface area contributed by atoms with Crippen molar-refractivity contribution < 1.29 is 5.21 Å². The summed E-state index contributed by atoms with van der Waals surface area (Å²) < 4.78 is 1.03.